The molecule has 1 radical (unpaired) electrons. The smallest absolute Gasteiger partial charge is 0.159 e. The molecule has 0 fully saturated rings. The quantitative estimate of drug-likeness (QED) is 0.498. The molecule has 0 aliphatic heterocycles. The average molecular weight is 190 g/mol. The molecule has 0 aliphatic carbocycles. The summed E-state index contributed by atoms with van der Waals surface area (Å²) in [5, 5.41) is 0. The van der Waals surface area contributed by atoms with E-state index in [0.717, 1.165) is 9.47 Å². The summed E-state index contributed by atoms with van der Waals surface area (Å²) in [6, 6.07) is 8.11. The first-order valence-corrected chi connectivity index (χ1v) is 4.16. The Bertz CT molecular complexity index is 368. The van der Waals surface area contributed by atoms with Gasteiger partial charge in [0.25, 0.3) is 0 Å². The Morgan fingerprint density at radius 2 is 2.00 bits per heavy atom. The average Bonchev–Trinajstić information content (AvgIpc) is 2.27. The molecule has 0 amide bonds. The summed E-state index contributed by atoms with van der Waals surface area (Å²) in [6.45, 7) is 0. The van der Waals surface area contributed by atoms with Crippen LogP contribution < -0.4 is 0 Å². The summed E-state index contributed by atoms with van der Waals surface area (Å²) in [5.41, 5.74) is 1.14. The normalized spacial score (nSPS) is 9.45. The van der Waals surface area contributed by atoms with Crippen LogP contribution in [0.1, 0.15) is 0 Å². The van der Waals surface area contributed by atoms with Crippen LogP contribution in [0, 0.1) is 3.95 Å². The Hall–Kier alpha value is 0.330. The van der Waals surface area contributed by atoms with E-state index in [2.05, 4.69) is 11.1 Å². The number of rotatable bonds is 0. The van der Waals surface area contributed by atoms with Crippen LogP contribution in [-0.2, 0) is 0 Å². The molecule has 0 saturated heterocycles. The van der Waals surface area contributed by atoms with Crippen LogP contribution in [0.5, 0.6) is 0 Å². The number of benzene rings is 1. The maximum absolute atomic E-state index is 4.98. The number of nitrogens with one attached hydrogen (secondary N) is 1. The standard InChI is InChI=1S/C7H5NS2.Na/c9-7-8-5-3-1-2-4-6(5)10-7;/h1-4H,(H,8,9);. The van der Waals surface area contributed by atoms with Gasteiger partial charge >= 0.3 is 0 Å². The number of aromatic nitrogens is 1. The molecule has 1 heterocycles. The van der Waals surface area contributed by atoms with Crippen molar-refractivity contribution in [3.63, 3.8) is 0 Å². The molecule has 4 heteroatoms. The second kappa shape index (κ2) is 3.83. The fraction of sp³-hybridized carbons (Fsp3) is 0. The van der Waals surface area contributed by atoms with Crippen molar-refractivity contribution < 1.29 is 0 Å². The molecule has 0 bridgehead atoms. The van der Waals surface area contributed by atoms with Gasteiger partial charge in [-0.2, -0.15) is 0 Å². The third-order valence-corrected chi connectivity index (χ3v) is 2.54. The van der Waals surface area contributed by atoms with Crippen molar-refractivity contribution in [1.29, 1.82) is 0 Å². The Morgan fingerprint density at radius 1 is 1.27 bits per heavy atom. The molecule has 0 spiro atoms. The zero-order chi connectivity index (χ0) is 6.97. The maximum atomic E-state index is 4.98. The van der Waals surface area contributed by atoms with Gasteiger partial charge in [0.05, 0.1) is 10.2 Å². The SMILES string of the molecule is S=c1[nH]c2ccccc2s1.[Na]. The van der Waals surface area contributed by atoms with E-state index < -0.39 is 0 Å². The van der Waals surface area contributed by atoms with Gasteiger partial charge in [0.1, 0.15) is 0 Å². The second-order valence-corrected chi connectivity index (χ2v) is 3.73. The zero-order valence-corrected chi connectivity index (χ0v) is 9.76. The third kappa shape index (κ3) is 1.92. The van der Waals surface area contributed by atoms with E-state index in [1.165, 1.54) is 4.70 Å². The van der Waals surface area contributed by atoms with Gasteiger partial charge in [-0.1, -0.05) is 12.1 Å². The van der Waals surface area contributed by atoms with Gasteiger partial charge in [0.15, 0.2) is 3.95 Å². The van der Waals surface area contributed by atoms with Gasteiger partial charge < -0.3 is 4.98 Å². The van der Waals surface area contributed by atoms with Crippen molar-refractivity contribution in [2.75, 3.05) is 0 Å². The van der Waals surface area contributed by atoms with Crippen LogP contribution in [0.2, 0.25) is 0 Å². The topological polar surface area (TPSA) is 15.8 Å². The van der Waals surface area contributed by atoms with E-state index in [1.54, 1.807) is 11.3 Å². The van der Waals surface area contributed by atoms with Gasteiger partial charge in [-0.05, 0) is 24.4 Å². The Kier molecular flexibility index (Phi) is 3.28. The van der Waals surface area contributed by atoms with Gasteiger partial charge in [-0.15, -0.1) is 11.3 Å². The fourth-order valence-electron chi connectivity index (χ4n) is 0.894. The summed E-state index contributed by atoms with van der Waals surface area (Å²) in [4.78, 5) is 3.09. The van der Waals surface area contributed by atoms with Gasteiger partial charge in [0.2, 0.25) is 0 Å². The monoisotopic (exact) mass is 190 g/mol. The van der Waals surface area contributed by atoms with Crippen LogP contribution in [-0.4, -0.2) is 34.5 Å². The van der Waals surface area contributed by atoms with Crippen molar-refractivity contribution in [2.45, 2.75) is 0 Å². The van der Waals surface area contributed by atoms with E-state index in [1.807, 2.05) is 18.2 Å². The first kappa shape index (κ1) is 9.42. The van der Waals surface area contributed by atoms with Gasteiger partial charge in [-0.25, -0.2) is 0 Å². The minimum atomic E-state index is 0. The molecule has 0 saturated carbocycles. The van der Waals surface area contributed by atoms with Crippen molar-refractivity contribution in [3.05, 3.63) is 28.2 Å². The molecule has 1 nitrogen and oxygen atoms in total. The Labute approximate surface area is 95.7 Å². The molecule has 0 unspecified atom stereocenters. The summed E-state index contributed by atoms with van der Waals surface area (Å²) < 4.78 is 2.08. The van der Waals surface area contributed by atoms with Crippen LogP contribution in [0.3, 0.4) is 0 Å². The number of hydrogen-bond acceptors (Lipinski definition) is 2. The number of hydrogen-bond donors (Lipinski definition) is 1. The summed E-state index contributed by atoms with van der Waals surface area (Å²) in [7, 11) is 0. The summed E-state index contributed by atoms with van der Waals surface area (Å²) in [5.74, 6) is 0. The molecular formula is C7H5NNaS2. The fourth-order valence-corrected chi connectivity index (χ4v) is 2.01. The molecule has 2 aromatic rings. The first-order valence-electron chi connectivity index (χ1n) is 2.94. The van der Waals surface area contributed by atoms with E-state index >= 15 is 0 Å². The minimum absolute atomic E-state index is 0. The molecule has 11 heavy (non-hydrogen) atoms. The van der Waals surface area contributed by atoms with E-state index in [-0.39, 0.29) is 29.6 Å². The van der Waals surface area contributed by atoms with Crippen molar-refractivity contribution in [1.82, 2.24) is 4.98 Å². The van der Waals surface area contributed by atoms with E-state index in [9.17, 15) is 0 Å². The van der Waals surface area contributed by atoms with Crippen LogP contribution in [0.15, 0.2) is 24.3 Å². The molecule has 1 aromatic carbocycles. The number of H-pyrrole nitrogens is 1. The maximum Gasteiger partial charge on any atom is 0.159 e. The Morgan fingerprint density at radius 3 is 2.73 bits per heavy atom. The zero-order valence-electron chi connectivity index (χ0n) is 6.13. The van der Waals surface area contributed by atoms with Crippen molar-refractivity contribution >= 4 is 63.3 Å². The van der Waals surface area contributed by atoms with Crippen molar-refractivity contribution in [3.8, 4) is 0 Å². The molecule has 0 atom stereocenters. The molecule has 1 N–H and O–H groups in total. The number of thiazole rings is 1. The van der Waals surface area contributed by atoms with Gasteiger partial charge in [0, 0.05) is 29.6 Å². The molecule has 0 aliphatic rings. The number of aromatic amines is 1. The Balaban J connectivity index is 0.000000605. The molecule has 1 aromatic heterocycles. The van der Waals surface area contributed by atoms with Crippen LogP contribution >= 0.6 is 23.6 Å². The molecular weight excluding hydrogens is 185 g/mol. The predicted octanol–water partition coefficient (Wildman–Crippen LogP) is 2.58. The van der Waals surface area contributed by atoms with Crippen LogP contribution in [0.4, 0.5) is 0 Å². The predicted molar refractivity (Wildman–Crippen MR) is 52.8 cm³/mol. The molecule has 2 rings (SSSR count). The van der Waals surface area contributed by atoms with Gasteiger partial charge in [-0.3, -0.25) is 0 Å². The number of para-hydroxylation sites is 1. The molecule has 51 valence electrons. The number of fused-ring (bicyclic) bond motifs is 1. The van der Waals surface area contributed by atoms with E-state index in [0.29, 0.717) is 0 Å². The first-order chi connectivity index (χ1) is 4.86. The van der Waals surface area contributed by atoms with E-state index in [4.69, 9.17) is 12.2 Å². The second-order valence-electron chi connectivity index (χ2n) is 2.01. The van der Waals surface area contributed by atoms with Crippen molar-refractivity contribution in [2.24, 2.45) is 0 Å². The third-order valence-electron chi connectivity index (χ3n) is 1.33. The van der Waals surface area contributed by atoms with Crippen LogP contribution in [0.25, 0.3) is 10.2 Å². The minimum Gasteiger partial charge on any atom is -0.337 e. The largest absolute Gasteiger partial charge is 0.337 e. The summed E-state index contributed by atoms with van der Waals surface area (Å²) >= 11 is 6.59. The summed E-state index contributed by atoms with van der Waals surface area (Å²) in [6.07, 6.45) is 0.